The lowest BCUT2D eigenvalue weighted by molar-refractivity contribution is -0.134. The molecule has 1 fully saturated rings. The molecule has 3 heterocycles. The van der Waals surface area contributed by atoms with Gasteiger partial charge in [0.05, 0.1) is 11.7 Å². The summed E-state index contributed by atoms with van der Waals surface area (Å²) < 4.78 is 0. The summed E-state index contributed by atoms with van der Waals surface area (Å²) in [5.41, 5.74) is 0.877. The van der Waals surface area contributed by atoms with E-state index in [2.05, 4.69) is 25.3 Å². The summed E-state index contributed by atoms with van der Waals surface area (Å²) in [5, 5.41) is 3.11. The van der Waals surface area contributed by atoms with Gasteiger partial charge >= 0.3 is 0 Å². The Hall–Kier alpha value is -2.57. The SMILES string of the molecule is CCC(=O)N1CCCC[C@@H]1c1cc(Nc2ncccn2)nc(C)n1. The van der Waals surface area contributed by atoms with Crippen molar-refractivity contribution < 1.29 is 4.79 Å². The maximum Gasteiger partial charge on any atom is 0.228 e. The molecule has 0 aliphatic carbocycles. The predicted octanol–water partition coefficient (Wildman–Crippen LogP) is 2.78. The van der Waals surface area contributed by atoms with Crippen LogP contribution >= 0.6 is 0 Å². The van der Waals surface area contributed by atoms with Crippen LogP contribution in [0.1, 0.15) is 50.2 Å². The molecule has 1 atom stereocenters. The third kappa shape index (κ3) is 3.67. The Morgan fingerprint density at radius 1 is 1.29 bits per heavy atom. The maximum absolute atomic E-state index is 12.3. The summed E-state index contributed by atoms with van der Waals surface area (Å²) in [6.45, 7) is 4.55. The van der Waals surface area contributed by atoms with E-state index in [9.17, 15) is 4.79 Å². The van der Waals surface area contributed by atoms with Crippen LogP contribution < -0.4 is 5.32 Å². The van der Waals surface area contributed by atoms with E-state index in [4.69, 9.17) is 0 Å². The summed E-state index contributed by atoms with van der Waals surface area (Å²) in [4.78, 5) is 31.5. The lowest BCUT2D eigenvalue weighted by Gasteiger charge is -2.35. The van der Waals surface area contributed by atoms with Crippen molar-refractivity contribution in [1.29, 1.82) is 0 Å². The van der Waals surface area contributed by atoms with Gasteiger partial charge in [-0.25, -0.2) is 19.9 Å². The molecular formula is C17H22N6O. The molecule has 7 heteroatoms. The molecule has 1 aliphatic rings. The number of carbonyl (C=O) groups is 1. The number of carbonyl (C=O) groups excluding carboxylic acids is 1. The van der Waals surface area contributed by atoms with Crippen molar-refractivity contribution in [3.05, 3.63) is 36.0 Å². The minimum Gasteiger partial charge on any atom is -0.334 e. The zero-order valence-corrected chi connectivity index (χ0v) is 14.1. The van der Waals surface area contributed by atoms with Gasteiger partial charge in [-0.2, -0.15) is 0 Å². The summed E-state index contributed by atoms with van der Waals surface area (Å²) in [7, 11) is 0. The third-order valence-corrected chi connectivity index (χ3v) is 4.13. The highest BCUT2D eigenvalue weighted by molar-refractivity contribution is 5.76. The minimum absolute atomic E-state index is 0.0186. The van der Waals surface area contributed by atoms with Crippen molar-refractivity contribution in [1.82, 2.24) is 24.8 Å². The van der Waals surface area contributed by atoms with Gasteiger partial charge < -0.3 is 10.2 Å². The molecule has 0 saturated carbocycles. The average Bonchev–Trinajstić information content (AvgIpc) is 2.61. The molecule has 1 amide bonds. The van der Waals surface area contributed by atoms with Crippen LogP contribution in [-0.2, 0) is 4.79 Å². The van der Waals surface area contributed by atoms with Gasteiger partial charge in [-0.15, -0.1) is 0 Å². The molecule has 0 aromatic carbocycles. The van der Waals surface area contributed by atoms with Crippen LogP contribution in [0, 0.1) is 6.92 Å². The van der Waals surface area contributed by atoms with Gasteiger partial charge in [-0.05, 0) is 32.3 Å². The number of likely N-dealkylation sites (tertiary alicyclic amines) is 1. The summed E-state index contributed by atoms with van der Waals surface area (Å²) in [6, 6.07) is 3.68. The summed E-state index contributed by atoms with van der Waals surface area (Å²) >= 11 is 0. The Kier molecular flexibility index (Phi) is 4.98. The molecule has 1 saturated heterocycles. The largest absolute Gasteiger partial charge is 0.334 e. The molecule has 3 rings (SSSR count). The second kappa shape index (κ2) is 7.33. The highest BCUT2D eigenvalue weighted by Crippen LogP contribution is 2.31. The van der Waals surface area contributed by atoms with Crippen LogP contribution in [0.2, 0.25) is 0 Å². The molecule has 0 unspecified atom stereocenters. The van der Waals surface area contributed by atoms with Gasteiger partial charge in [0.1, 0.15) is 11.6 Å². The molecule has 1 aliphatic heterocycles. The third-order valence-electron chi connectivity index (χ3n) is 4.13. The molecule has 24 heavy (non-hydrogen) atoms. The molecular weight excluding hydrogens is 304 g/mol. The van der Waals surface area contributed by atoms with Crippen LogP contribution in [0.5, 0.6) is 0 Å². The molecule has 7 nitrogen and oxygen atoms in total. The molecule has 0 radical (unpaired) electrons. The minimum atomic E-state index is 0.0186. The summed E-state index contributed by atoms with van der Waals surface area (Å²) in [5.74, 6) is 1.99. The van der Waals surface area contributed by atoms with Crippen molar-refractivity contribution in [2.24, 2.45) is 0 Å². The lowest BCUT2D eigenvalue weighted by Crippen LogP contribution is -2.38. The van der Waals surface area contributed by atoms with Crippen LogP contribution in [0.4, 0.5) is 11.8 Å². The zero-order valence-electron chi connectivity index (χ0n) is 14.1. The van der Waals surface area contributed by atoms with Crippen molar-refractivity contribution in [3.63, 3.8) is 0 Å². The first kappa shape index (κ1) is 16.3. The number of piperidine rings is 1. The van der Waals surface area contributed by atoms with Crippen LogP contribution in [0.3, 0.4) is 0 Å². The average molecular weight is 326 g/mol. The second-order valence-corrected chi connectivity index (χ2v) is 5.87. The molecule has 0 bridgehead atoms. The Labute approximate surface area is 141 Å². The first-order valence-corrected chi connectivity index (χ1v) is 8.36. The van der Waals surface area contributed by atoms with Gasteiger partial charge in [-0.3, -0.25) is 4.79 Å². The predicted molar refractivity (Wildman–Crippen MR) is 90.7 cm³/mol. The normalized spacial score (nSPS) is 17.6. The highest BCUT2D eigenvalue weighted by atomic mass is 16.2. The number of rotatable bonds is 4. The van der Waals surface area contributed by atoms with Gasteiger partial charge in [0.25, 0.3) is 0 Å². The highest BCUT2D eigenvalue weighted by Gasteiger charge is 2.28. The van der Waals surface area contributed by atoms with Gasteiger partial charge in [0.2, 0.25) is 11.9 Å². The number of anilines is 2. The molecule has 2 aromatic heterocycles. The lowest BCUT2D eigenvalue weighted by atomic mass is 9.98. The Balaban J connectivity index is 1.88. The summed E-state index contributed by atoms with van der Waals surface area (Å²) in [6.07, 6.45) is 6.95. The van der Waals surface area contributed by atoms with E-state index in [0.29, 0.717) is 24.0 Å². The maximum atomic E-state index is 12.3. The zero-order chi connectivity index (χ0) is 16.9. The van der Waals surface area contributed by atoms with E-state index >= 15 is 0 Å². The topological polar surface area (TPSA) is 83.9 Å². The fourth-order valence-corrected chi connectivity index (χ4v) is 3.04. The van der Waals surface area contributed by atoms with E-state index in [1.807, 2.05) is 24.8 Å². The van der Waals surface area contributed by atoms with E-state index in [-0.39, 0.29) is 11.9 Å². The van der Waals surface area contributed by atoms with E-state index in [1.165, 1.54) is 0 Å². The van der Waals surface area contributed by atoms with Crippen molar-refractivity contribution >= 4 is 17.7 Å². The van der Waals surface area contributed by atoms with Crippen molar-refractivity contribution in [2.45, 2.75) is 45.6 Å². The van der Waals surface area contributed by atoms with Gasteiger partial charge in [-0.1, -0.05) is 6.92 Å². The Morgan fingerprint density at radius 2 is 2.08 bits per heavy atom. The Bertz CT molecular complexity index is 705. The van der Waals surface area contributed by atoms with Gasteiger partial charge in [0, 0.05) is 31.4 Å². The van der Waals surface area contributed by atoms with Crippen LogP contribution in [-0.4, -0.2) is 37.3 Å². The van der Waals surface area contributed by atoms with Gasteiger partial charge in [0.15, 0.2) is 0 Å². The van der Waals surface area contributed by atoms with Crippen molar-refractivity contribution in [3.8, 4) is 0 Å². The molecule has 0 spiro atoms. The number of aromatic nitrogens is 4. The van der Waals surface area contributed by atoms with Crippen molar-refractivity contribution in [2.75, 3.05) is 11.9 Å². The first-order valence-electron chi connectivity index (χ1n) is 8.36. The molecule has 1 N–H and O–H groups in total. The first-order chi connectivity index (χ1) is 11.7. The molecule has 126 valence electrons. The molecule has 2 aromatic rings. The quantitative estimate of drug-likeness (QED) is 0.930. The number of hydrogen-bond acceptors (Lipinski definition) is 6. The van der Waals surface area contributed by atoms with Crippen LogP contribution in [0.25, 0.3) is 0 Å². The number of nitrogens with one attached hydrogen (secondary N) is 1. The van der Waals surface area contributed by atoms with E-state index < -0.39 is 0 Å². The van der Waals surface area contributed by atoms with Crippen LogP contribution in [0.15, 0.2) is 24.5 Å². The number of aryl methyl sites for hydroxylation is 1. The smallest absolute Gasteiger partial charge is 0.228 e. The fraction of sp³-hybridized carbons (Fsp3) is 0.471. The second-order valence-electron chi connectivity index (χ2n) is 5.87. The van der Waals surface area contributed by atoms with E-state index in [0.717, 1.165) is 31.5 Å². The standard InChI is InChI=1S/C17H22N6O/c1-3-16(24)23-10-5-4-7-14(23)13-11-15(21-12(2)20-13)22-17-18-8-6-9-19-17/h6,8-9,11,14H,3-5,7,10H2,1-2H3,(H,18,19,20,21,22)/t14-/m1/s1. The number of amides is 1. The number of nitrogens with zero attached hydrogens (tertiary/aromatic N) is 5. The van der Waals surface area contributed by atoms with E-state index in [1.54, 1.807) is 18.5 Å². The monoisotopic (exact) mass is 326 g/mol. The number of hydrogen-bond donors (Lipinski definition) is 1. The Morgan fingerprint density at radius 3 is 2.83 bits per heavy atom. The fourth-order valence-electron chi connectivity index (χ4n) is 3.04.